The molecule has 0 bridgehead atoms. The van der Waals surface area contributed by atoms with E-state index < -0.39 is 10.8 Å². The summed E-state index contributed by atoms with van der Waals surface area (Å²) in [5, 5.41) is 23.0. The number of rotatable bonds is 3. The van der Waals surface area contributed by atoms with Crippen LogP contribution in [0.2, 0.25) is 0 Å². The highest BCUT2D eigenvalue weighted by Crippen LogP contribution is 2.22. The summed E-state index contributed by atoms with van der Waals surface area (Å²) in [6, 6.07) is 8.97. The van der Waals surface area contributed by atoms with Gasteiger partial charge in [0.05, 0.1) is 4.92 Å². The Morgan fingerprint density at radius 1 is 1.14 bits per heavy atom. The van der Waals surface area contributed by atoms with Crippen molar-refractivity contribution in [2.45, 2.75) is 13.8 Å². The fraction of sp³-hybridized carbons (Fsp3) is 0.133. The average Bonchev–Trinajstić information content (AvgIpc) is 2.43. The maximum atomic E-state index is 12.1. The SMILES string of the molecule is Cc1cc(NC(=O)c2ccc(C)c([N+](=O)[O-])c2)ccc1O. The number of nitrogens with one attached hydrogen (secondary N) is 1. The number of carbonyl (C=O) groups is 1. The molecule has 6 nitrogen and oxygen atoms in total. The van der Waals surface area contributed by atoms with Gasteiger partial charge in [0.2, 0.25) is 0 Å². The van der Waals surface area contributed by atoms with Crippen molar-refractivity contribution in [2.24, 2.45) is 0 Å². The zero-order chi connectivity index (χ0) is 15.6. The molecule has 0 spiro atoms. The van der Waals surface area contributed by atoms with Crippen LogP contribution in [0.15, 0.2) is 36.4 Å². The van der Waals surface area contributed by atoms with Gasteiger partial charge in [0.1, 0.15) is 5.75 Å². The fourth-order valence-electron chi connectivity index (χ4n) is 1.88. The van der Waals surface area contributed by atoms with E-state index >= 15 is 0 Å². The van der Waals surface area contributed by atoms with Gasteiger partial charge in [-0.2, -0.15) is 0 Å². The molecule has 6 heteroatoms. The van der Waals surface area contributed by atoms with E-state index in [0.29, 0.717) is 16.8 Å². The molecule has 0 aromatic heterocycles. The Bertz CT molecular complexity index is 726. The van der Waals surface area contributed by atoms with Gasteiger partial charge in [0.15, 0.2) is 0 Å². The smallest absolute Gasteiger partial charge is 0.273 e. The van der Waals surface area contributed by atoms with Crippen LogP contribution in [0.25, 0.3) is 0 Å². The molecule has 0 atom stereocenters. The minimum atomic E-state index is -0.517. The summed E-state index contributed by atoms with van der Waals surface area (Å²) in [5.74, 6) is -0.304. The molecule has 0 fully saturated rings. The number of aromatic hydroxyl groups is 1. The molecule has 0 aliphatic carbocycles. The van der Waals surface area contributed by atoms with E-state index in [0.717, 1.165) is 0 Å². The second-order valence-electron chi connectivity index (χ2n) is 4.71. The number of hydrogen-bond donors (Lipinski definition) is 2. The lowest BCUT2D eigenvalue weighted by Gasteiger charge is -2.07. The number of nitrogens with zero attached hydrogens (tertiary/aromatic N) is 1. The van der Waals surface area contributed by atoms with E-state index in [1.54, 1.807) is 26.0 Å². The van der Waals surface area contributed by atoms with E-state index in [1.165, 1.54) is 24.3 Å². The van der Waals surface area contributed by atoms with Crippen LogP contribution >= 0.6 is 0 Å². The van der Waals surface area contributed by atoms with Crippen LogP contribution in [0, 0.1) is 24.0 Å². The van der Waals surface area contributed by atoms with Gasteiger partial charge < -0.3 is 10.4 Å². The predicted octanol–water partition coefficient (Wildman–Crippen LogP) is 3.17. The molecule has 2 rings (SSSR count). The molecule has 2 aromatic carbocycles. The summed E-state index contributed by atoms with van der Waals surface area (Å²) in [5.41, 5.74) is 1.75. The first kappa shape index (κ1) is 14.5. The molecule has 0 unspecified atom stereocenters. The highest BCUT2D eigenvalue weighted by atomic mass is 16.6. The minimum absolute atomic E-state index is 0.0930. The predicted molar refractivity (Wildman–Crippen MR) is 78.6 cm³/mol. The zero-order valence-electron chi connectivity index (χ0n) is 11.6. The van der Waals surface area contributed by atoms with Crippen LogP contribution in [-0.4, -0.2) is 15.9 Å². The van der Waals surface area contributed by atoms with Crippen molar-refractivity contribution >= 4 is 17.3 Å². The second-order valence-corrected chi connectivity index (χ2v) is 4.71. The summed E-state index contributed by atoms with van der Waals surface area (Å²) in [6.07, 6.45) is 0. The third-order valence-corrected chi connectivity index (χ3v) is 3.12. The summed E-state index contributed by atoms with van der Waals surface area (Å²) in [7, 11) is 0. The Kier molecular flexibility index (Phi) is 3.89. The lowest BCUT2D eigenvalue weighted by molar-refractivity contribution is -0.385. The Labute approximate surface area is 121 Å². The van der Waals surface area contributed by atoms with Crippen LogP contribution < -0.4 is 5.32 Å². The lowest BCUT2D eigenvalue weighted by Crippen LogP contribution is -2.12. The van der Waals surface area contributed by atoms with Crippen molar-refractivity contribution in [1.29, 1.82) is 0 Å². The maximum absolute atomic E-state index is 12.1. The van der Waals surface area contributed by atoms with Crippen molar-refractivity contribution < 1.29 is 14.8 Å². The van der Waals surface area contributed by atoms with E-state index in [-0.39, 0.29) is 17.0 Å². The van der Waals surface area contributed by atoms with Gasteiger partial charge in [-0.15, -0.1) is 0 Å². The largest absolute Gasteiger partial charge is 0.508 e. The number of carbonyl (C=O) groups excluding carboxylic acids is 1. The molecule has 2 aromatic rings. The molecular weight excluding hydrogens is 272 g/mol. The van der Waals surface area contributed by atoms with Crippen LogP contribution in [0.3, 0.4) is 0 Å². The Morgan fingerprint density at radius 3 is 2.48 bits per heavy atom. The zero-order valence-corrected chi connectivity index (χ0v) is 11.6. The van der Waals surface area contributed by atoms with Gasteiger partial charge >= 0.3 is 0 Å². The number of nitro groups is 1. The topological polar surface area (TPSA) is 92.5 Å². The first-order valence-corrected chi connectivity index (χ1v) is 6.24. The summed E-state index contributed by atoms with van der Waals surface area (Å²) >= 11 is 0. The lowest BCUT2D eigenvalue weighted by atomic mass is 10.1. The van der Waals surface area contributed by atoms with Crippen molar-refractivity contribution in [3.8, 4) is 5.75 Å². The number of anilines is 1. The van der Waals surface area contributed by atoms with Gasteiger partial charge in [-0.05, 0) is 43.7 Å². The third kappa shape index (κ3) is 3.17. The first-order valence-electron chi connectivity index (χ1n) is 6.24. The number of aryl methyl sites for hydroxylation is 2. The molecule has 0 aliphatic rings. The summed E-state index contributed by atoms with van der Waals surface area (Å²) in [6.45, 7) is 3.32. The molecular formula is C15H14N2O4. The Balaban J connectivity index is 2.26. The summed E-state index contributed by atoms with van der Waals surface area (Å²) < 4.78 is 0. The molecule has 0 saturated carbocycles. The molecule has 0 saturated heterocycles. The standard InChI is InChI=1S/C15H14N2O4/c1-9-3-4-11(8-13(9)17(20)21)15(19)16-12-5-6-14(18)10(2)7-12/h3-8,18H,1-2H3,(H,16,19). The van der Waals surface area contributed by atoms with Crippen LogP contribution in [0.1, 0.15) is 21.5 Å². The highest BCUT2D eigenvalue weighted by Gasteiger charge is 2.15. The van der Waals surface area contributed by atoms with Crippen molar-refractivity contribution in [3.63, 3.8) is 0 Å². The molecule has 21 heavy (non-hydrogen) atoms. The fourth-order valence-corrected chi connectivity index (χ4v) is 1.88. The monoisotopic (exact) mass is 286 g/mol. The minimum Gasteiger partial charge on any atom is -0.508 e. The van der Waals surface area contributed by atoms with Gasteiger partial charge in [-0.25, -0.2) is 0 Å². The van der Waals surface area contributed by atoms with Crippen LogP contribution in [0.4, 0.5) is 11.4 Å². The molecule has 0 heterocycles. The molecule has 0 radical (unpaired) electrons. The molecule has 1 amide bonds. The first-order chi connectivity index (χ1) is 9.88. The average molecular weight is 286 g/mol. The second kappa shape index (κ2) is 5.62. The van der Waals surface area contributed by atoms with Crippen molar-refractivity contribution in [1.82, 2.24) is 0 Å². The molecule has 108 valence electrons. The van der Waals surface area contributed by atoms with Crippen molar-refractivity contribution in [2.75, 3.05) is 5.32 Å². The van der Waals surface area contributed by atoms with Gasteiger partial charge in [-0.1, -0.05) is 6.07 Å². The number of amides is 1. The van der Waals surface area contributed by atoms with Crippen molar-refractivity contribution in [3.05, 3.63) is 63.2 Å². The van der Waals surface area contributed by atoms with Gasteiger partial charge in [0, 0.05) is 22.9 Å². The molecule has 2 N–H and O–H groups in total. The normalized spacial score (nSPS) is 10.2. The Morgan fingerprint density at radius 2 is 1.86 bits per heavy atom. The van der Waals surface area contributed by atoms with Crippen LogP contribution in [0.5, 0.6) is 5.75 Å². The third-order valence-electron chi connectivity index (χ3n) is 3.12. The molecule has 0 aliphatic heterocycles. The number of nitro benzene ring substituents is 1. The number of benzene rings is 2. The Hall–Kier alpha value is -2.89. The van der Waals surface area contributed by atoms with Gasteiger partial charge in [-0.3, -0.25) is 14.9 Å². The number of phenols is 1. The van der Waals surface area contributed by atoms with E-state index in [9.17, 15) is 20.0 Å². The highest BCUT2D eigenvalue weighted by molar-refractivity contribution is 6.04. The van der Waals surface area contributed by atoms with Gasteiger partial charge in [0.25, 0.3) is 11.6 Å². The quantitative estimate of drug-likeness (QED) is 0.515. The maximum Gasteiger partial charge on any atom is 0.273 e. The van der Waals surface area contributed by atoms with E-state index in [1.807, 2.05) is 0 Å². The number of phenolic OH excluding ortho intramolecular Hbond substituents is 1. The van der Waals surface area contributed by atoms with E-state index in [2.05, 4.69) is 5.32 Å². The summed E-state index contributed by atoms with van der Waals surface area (Å²) in [4.78, 5) is 22.5. The number of hydrogen-bond acceptors (Lipinski definition) is 4. The van der Waals surface area contributed by atoms with Crippen LogP contribution in [-0.2, 0) is 0 Å². The van der Waals surface area contributed by atoms with E-state index in [4.69, 9.17) is 0 Å².